The lowest BCUT2D eigenvalue weighted by atomic mass is 10.2. The molecule has 0 fully saturated rings. The molecule has 1 aromatic carbocycles. The number of aromatic carboxylic acids is 1. The van der Waals surface area contributed by atoms with Gasteiger partial charge in [0.15, 0.2) is 5.11 Å². The molecule has 4 nitrogen and oxygen atoms in total. The van der Waals surface area contributed by atoms with Gasteiger partial charge in [-0.15, -0.1) is 0 Å². The van der Waals surface area contributed by atoms with Crippen LogP contribution in [0.15, 0.2) is 24.3 Å². The quantitative estimate of drug-likeness (QED) is 0.634. The van der Waals surface area contributed by atoms with Gasteiger partial charge in [0, 0.05) is 5.69 Å². The van der Waals surface area contributed by atoms with Gasteiger partial charge >= 0.3 is 0 Å². The van der Waals surface area contributed by atoms with Crippen molar-refractivity contribution in [1.29, 1.82) is 0 Å². The molecule has 0 saturated carbocycles. The van der Waals surface area contributed by atoms with Crippen LogP contribution in [0.1, 0.15) is 10.4 Å². The third-order valence-electron chi connectivity index (χ3n) is 1.37. The molecule has 0 atom stereocenters. The number of nitrogens with one attached hydrogen (secondary N) is 1. The van der Waals surface area contributed by atoms with Gasteiger partial charge in [0.1, 0.15) is 0 Å². The second kappa shape index (κ2) is 3.86. The van der Waals surface area contributed by atoms with E-state index in [1.165, 1.54) is 12.1 Å². The van der Waals surface area contributed by atoms with Crippen molar-refractivity contribution < 1.29 is 9.90 Å². The summed E-state index contributed by atoms with van der Waals surface area (Å²) in [4.78, 5) is 10.4. The fourth-order valence-electron chi connectivity index (χ4n) is 0.866. The van der Waals surface area contributed by atoms with E-state index in [9.17, 15) is 9.90 Å². The van der Waals surface area contributed by atoms with E-state index in [0.717, 1.165) is 0 Å². The Morgan fingerprint density at radius 1 is 1.54 bits per heavy atom. The van der Waals surface area contributed by atoms with E-state index in [4.69, 9.17) is 5.73 Å². The van der Waals surface area contributed by atoms with Crippen LogP contribution in [0, 0.1) is 0 Å². The van der Waals surface area contributed by atoms with Crippen LogP contribution >= 0.6 is 12.2 Å². The molecule has 0 aromatic heterocycles. The molecule has 68 valence electrons. The SMILES string of the molecule is NC(=S)Nc1cccc(C(=O)[O-])c1. The van der Waals surface area contributed by atoms with E-state index in [1.807, 2.05) is 0 Å². The number of nitrogens with two attached hydrogens (primary N) is 1. The zero-order valence-corrected chi connectivity index (χ0v) is 7.43. The lowest BCUT2D eigenvalue weighted by Crippen LogP contribution is -2.23. The Labute approximate surface area is 80.4 Å². The van der Waals surface area contributed by atoms with Crippen molar-refractivity contribution in [3.05, 3.63) is 29.8 Å². The van der Waals surface area contributed by atoms with Crippen molar-refractivity contribution >= 4 is 29.0 Å². The van der Waals surface area contributed by atoms with Crippen LogP contribution in [0.5, 0.6) is 0 Å². The summed E-state index contributed by atoms with van der Waals surface area (Å²) in [5, 5.41) is 13.1. The third kappa shape index (κ3) is 2.72. The fraction of sp³-hybridized carbons (Fsp3) is 0. The first-order valence-corrected chi connectivity index (χ1v) is 3.88. The predicted molar refractivity (Wildman–Crippen MR) is 51.2 cm³/mol. The molecule has 0 radical (unpaired) electrons. The highest BCUT2D eigenvalue weighted by Crippen LogP contribution is 2.09. The smallest absolute Gasteiger partial charge is 0.168 e. The lowest BCUT2D eigenvalue weighted by Gasteiger charge is -2.06. The molecule has 3 N–H and O–H groups in total. The molecule has 0 heterocycles. The second-order valence-electron chi connectivity index (χ2n) is 2.36. The minimum absolute atomic E-state index is 0.0845. The Morgan fingerprint density at radius 2 is 2.23 bits per heavy atom. The summed E-state index contributed by atoms with van der Waals surface area (Å²) >= 11 is 4.59. The van der Waals surface area contributed by atoms with Gasteiger partial charge in [0.25, 0.3) is 0 Å². The third-order valence-corrected chi connectivity index (χ3v) is 1.47. The summed E-state index contributed by atoms with van der Waals surface area (Å²) in [5.74, 6) is -1.23. The topological polar surface area (TPSA) is 78.2 Å². The van der Waals surface area contributed by atoms with E-state index in [2.05, 4.69) is 17.5 Å². The minimum atomic E-state index is -1.23. The van der Waals surface area contributed by atoms with Gasteiger partial charge in [-0.1, -0.05) is 12.1 Å². The van der Waals surface area contributed by atoms with Crippen LogP contribution in [0.2, 0.25) is 0 Å². The van der Waals surface area contributed by atoms with Gasteiger partial charge in [0.05, 0.1) is 5.97 Å². The first kappa shape index (κ1) is 9.47. The summed E-state index contributed by atoms with van der Waals surface area (Å²) in [5.41, 5.74) is 5.83. The number of benzene rings is 1. The number of carbonyl (C=O) groups excluding carboxylic acids is 1. The van der Waals surface area contributed by atoms with Crippen LogP contribution in [-0.4, -0.2) is 11.1 Å². The van der Waals surface area contributed by atoms with Crippen LogP contribution in [0.25, 0.3) is 0 Å². The predicted octanol–water partition coefficient (Wildman–Crippen LogP) is -0.294. The number of carboxylic acid groups (broad SMARTS) is 1. The number of hydrogen-bond acceptors (Lipinski definition) is 3. The largest absolute Gasteiger partial charge is 0.545 e. The van der Waals surface area contributed by atoms with Crippen molar-refractivity contribution in [1.82, 2.24) is 0 Å². The van der Waals surface area contributed by atoms with E-state index in [1.54, 1.807) is 12.1 Å². The Hall–Kier alpha value is -1.62. The number of hydrogen-bond donors (Lipinski definition) is 2. The molecular formula is C8H7N2O2S-. The number of carboxylic acids is 1. The summed E-state index contributed by atoms with van der Waals surface area (Å²) in [6, 6.07) is 6.06. The zero-order chi connectivity index (χ0) is 9.84. The molecule has 1 aromatic rings. The average molecular weight is 195 g/mol. The Bertz CT molecular complexity index is 352. The molecule has 0 saturated heterocycles. The normalized spacial score (nSPS) is 9.23. The zero-order valence-electron chi connectivity index (χ0n) is 6.61. The van der Waals surface area contributed by atoms with Crippen LogP contribution < -0.4 is 16.2 Å². The summed E-state index contributed by atoms with van der Waals surface area (Å²) in [6.45, 7) is 0. The van der Waals surface area contributed by atoms with Gasteiger partial charge < -0.3 is 21.0 Å². The molecule has 0 aliphatic rings. The van der Waals surface area contributed by atoms with Crippen LogP contribution in [0.3, 0.4) is 0 Å². The Morgan fingerprint density at radius 3 is 2.77 bits per heavy atom. The molecule has 0 spiro atoms. The maximum atomic E-state index is 10.4. The molecule has 0 bridgehead atoms. The Kier molecular flexibility index (Phi) is 2.81. The summed E-state index contributed by atoms with van der Waals surface area (Å²) in [6.07, 6.45) is 0. The maximum Gasteiger partial charge on any atom is 0.168 e. The monoisotopic (exact) mass is 195 g/mol. The molecule has 0 unspecified atom stereocenters. The number of thiocarbonyl (C=S) groups is 1. The van der Waals surface area contributed by atoms with Crippen molar-refractivity contribution in [2.24, 2.45) is 5.73 Å². The highest BCUT2D eigenvalue weighted by molar-refractivity contribution is 7.80. The molecule has 5 heteroatoms. The van der Waals surface area contributed by atoms with Crippen LogP contribution in [0.4, 0.5) is 5.69 Å². The summed E-state index contributed by atoms with van der Waals surface area (Å²) < 4.78 is 0. The standard InChI is InChI=1S/C8H8N2O2S/c9-8(13)10-6-3-1-2-5(4-6)7(11)12/h1-4H,(H,11,12)(H3,9,10,13)/p-1. The van der Waals surface area contributed by atoms with Gasteiger partial charge in [-0.3, -0.25) is 0 Å². The molecule has 1 rings (SSSR count). The fourth-order valence-corrected chi connectivity index (χ4v) is 0.984. The Balaban J connectivity index is 2.91. The van der Waals surface area contributed by atoms with Gasteiger partial charge in [0.2, 0.25) is 0 Å². The number of anilines is 1. The molecular weight excluding hydrogens is 188 g/mol. The van der Waals surface area contributed by atoms with Gasteiger partial charge in [-0.2, -0.15) is 0 Å². The second-order valence-corrected chi connectivity index (χ2v) is 2.80. The van der Waals surface area contributed by atoms with Gasteiger partial charge in [-0.25, -0.2) is 0 Å². The number of carbonyl (C=O) groups is 1. The van der Waals surface area contributed by atoms with E-state index in [0.29, 0.717) is 5.69 Å². The minimum Gasteiger partial charge on any atom is -0.545 e. The van der Waals surface area contributed by atoms with Crippen LogP contribution in [-0.2, 0) is 0 Å². The highest BCUT2D eigenvalue weighted by Gasteiger charge is 1.96. The molecule has 13 heavy (non-hydrogen) atoms. The first-order valence-electron chi connectivity index (χ1n) is 3.47. The van der Waals surface area contributed by atoms with Crippen molar-refractivity contribution in [3.8, 4) is 0 Å². The van der Waals surface area contributed by atoms with Crippen molar-refractivity contribution in [2.75, 3.05) is 5.32 Å². The average Bonchev–Trinajstić information content (AvgIpc) is 2.03. The lowest BCUT2D eigenvalue weighted by molar-refractivity contribution is -0.255. The highest BCUT2D eigenvalue weighted by atomic mass is 32.1. The van der Waals surface area contributed by atoms with E-state index < -0.39 is 5.97 Å². The van der Waals surface area contributed by atoms with Gasteiger partial charge in [-0.05, 0) is 29.9 Å². The molecule has 0 aliphatic heterocycles. The van der Waals surface area contributed by atoms with Crippen molar-refractivity contribution in [2.45, 2.75) is 0 Å². The number of rotatable bonds is 2. The summed E-state index contributed by atoms with van der Waals surface area (Å²) in [7, 11) is 0. The van der Waals surface area contributed by atoms with Crippen molar-refractivity contribution in [3.63, 3.8) is 0 Å². The maximum absolute atomic E-state index is 10.4. The van der Waals surface area contributed by atoms with E-state index in [-0.39, 0.29) is 10.7 Å². The first-order chi connectivity index (χ1) is 6.09. The molecule has 0 aliphatic carbocycles. The van der Waals surface area contributed by atoms with E-state index >= 15 is 0 Å². The molecule has 0 amide bonds.